The van der Waals surface area contributed by atoms with Gasteiger partial charge in [0, 0.05) is 34.3 Å². The van der Waals surface area contributed by atoms with Gasteiger partial charge in [0.25, 0.3) is 5.56 Å². The second-order valence-corrected chi connectivity index (χ2v) is 13.6. The summed E-state index contributed by atoms with van der Waals surface area (Å²) in [4.78, 5) is 52.5. The Hall–Kier alpha value is -3.43. The number of hydrogen-bond acceptors (Lipinski definition) is 12. The number of carboxylic acid groups (broad SMARTS) is 1. The summed E-state index contributed by atoms with van der Waals surface area (Å²) >= 11 is 0.999. The Morgan fingerprint density at radius 1 is 1.30 bits per heavy atom. The summed E-state index contributed by atoms with van der Waals surface area (Å²) in [6, 6.07) is 4.03. The number of H-pyrrole nitrogens is 1. The third-order valence-electron chi connectivity index (χ3n) is 6.35. The summed E-state index contributed by atoms with van der Waals surface area (Å²) in [5.74, 6) is -0.932. The Labute approximate surface area is 256 Å². The quantitative estimate of drug-likeness (QED) is 0.0874. The van der Waals surface area contributed by atoms with E-state index < -0.39 is 61.5 Å². The topological polar surface area (TPSA) is 238 Å². The molecule has 1 aliphatic rings. The van der Waals surface area contributed by atoms with Crippen LogP contribution in [0.25, 0.3) is 10.4 Å². The van der Waals surface area contributed by atoms with Gasteiger partial charge in [-0.3, -0.25) is 33.0 Å². The van der Waals surface area contributed by atoms with Crippen LogP contribution in [0.15, 0.2) is 45.2 Å². The van der Waals surface area contributed by atoms with E-state index in [1.54, 1.807) is 32.9 Å². The first-order valence-corrected chi connectivity index (χ1v) is 15.9. The molecular weight excluding hydrogens is 619 g/mol. The minimum absolute atomic E-state index is 0.0538. The molecular formula is C26H35N6O10PS. The van der Waals surface area contributed by atoms with E-state index in [9.17, 15) is 23.7 Å². The van der Waals surface area contributed by atoms with Gasteiger partial charge in [0.2, 0.25) is 0 Å². The van der Waals surface area contributed by atoms with Gasteiger partial charge < -0.3 is 20.1 Å². The van der Waals surface area contributed by atoms with E-state index in [1.165, 1.54) is 25.3 Å². The van der Waals surface area contributed by atoms with Gasteiger partial charge >= 0.3 is 19.5 Å². The minimum Gasteiger partial charge on any atom is -0.480 e. The fourth-order valence-electron chi connectivity index (χ4n) is 3.94. The molecule has 5 atom stereocenters. The fraction of sp³-hybridized carbons (Fsp3) is 0.538. The number of rotatable bonds is 14. The number of benzene rings is 1. The number of thioether (sulfide) groups is 1. The van der Waals surface area contributed by atoms with Crippen LogP contribution in [0.3, 0.4) is 0 Å². The lowest BCUT2D eigenvalue weighted by molar-refractivity contribution is -0.138. The number of carbonyl (C=O) groups is 2. The largest absolute Gasteiger partial charge is 0.530 e. The molecule has 3 rings (SSSR count). The number of aromatic amines is 1. The Morgan fingerprint density at radius 3 is 2.59 bits per heavy atom. The maximum absolute atomic E-state index is 13.8. The van der Waals surface area contributed by atoms with Gasteiger partial charge in [0.15, 0.2) is 5.12 Å². The molecule has 2 heterocycles. The maximum Gasteiger partial charge on any atom is 0.530 e. The number of carbonyl (C=O) groups excluding carboxylic acids is 1. The Kier molecular flexibility index (Phi) is 12.0. The molecule has 0 amide bonds. The third kappa shape index (κ3) is 9.79. The SMILES string of the molecule is Cc1cn([C@H]2C[C@H](N=[N+]=[N-])[C@@H](COP(=O)(OCCSC(=O)C(C)(C)C)Oc3ccc(C[C@H](N)C(=O)O)cc3)O2)c(=O)[nH]c1=O. The van der Waals surface area contributed by atoms with Crippen molar-refractivity contribution in [3.05, 3.63) is 72.9 Å². The first-order chi connectivity index (χ1) is 20.6. The summed E-state index contributed by atoms with van der Waals surface area (Å²) in [5, 5.41) is 12.7. The number of nitrogens with zero attached hydrogens (tertiary/aromatic N) is 4. The molecule has 1 aromatic carbocycles. The van der Waals surface area contributed by atoms with Crippen molar-refractivity contribution in [1.29, 1.82) is 0 Å². The molecule has 16 nitrogen and oxygen atoms in total. The van der Waals surface area contributed by atoms with Crippen LogP contribution in [0.2, 0.25) is 0 Å². The monoisotopic (exact) mass is 654 g/mol. The number of azide groups is 1. The van der Waals surface area contributed by atoms with Crippen LogP contribution in [-0.4, -0.2) is 62.9 Å². The second kappa shape index (κ2) is 15.0. The van der Waals surface area contributed by atoms with Crippen molar-refractivity contribution in [3.8, 4) is 5.75 Å². The summed E-state index contributed by atoms with van der Waals surface area (Å²) in [6.07, 6.45) is -0.470. The highest BCUT2D eigenvalue weighted by Crippen LogP contribution is 2.50. The number of carboxylic acids is 1. The van der Waals surface area contributed by atoms with Crippen LogP contribution in [0, 0.1) is 12.3 Å². The standard InChI is InChI=1S/C26H35N6O10PS/c1-15-13-32(25(37)29-22(15)33)21-12-19(30-31-28)20(41-21)14-40-43(38,39-9-10-44-24(36)26(2,3)4)42-17-7-5-16(6-8-17)11-18(27)23(34)35/h5-8,13,18-21H,9-12,14,27H2,1-4H3,(H,34,35)(H,29,33,37)/t18-,19-,20+,21+,43?/m0/s1. The number of ether oxygens (including phenoxy) is 1. The van der Waals surface area contributed by atoms with E-state index in [4.69, 9.17) is 34.7 Å². The van der Waals surface area contributed by atoms with Crippen molar-refractivity contribution >= 4 is 30.7 Å². The number of aliphatic carboxylic acids is 1. The van der Waals surface area contributed by atoms with Crippen LogP contribution in [0.4, 0.5) is 0 Å². The van der Waals surface area contributed by atoms with Gasteiger partial charge in [-0.1, -0.05) is 49.8 Å². The van der Waals surface area contributed by atoms with Crippen molar-refractivity contribution in [2.75, 3.05) is 19.0 Å². The first kappa shape index (κ1) is 35.1. The molecule has 0 aliphatic carbocycles. The van der Waals surface area contributed by atoms with Crippen LogP contribution >= 0.6 is 19.6 Å². The number of hydrogen-bond donors (Lipinski definition) is 3. The number of nitrogens with two attached hydrogens (primary N) is 1. The van der Waals surface area contributed by atoms with Gasteiger partial charge in [-0.25, -0.2) is 9.36 Å². The highest BCUT2D eigenvalue weighted by Gasteiger charge is 2.39. The average molecular weight is 655 g/mol. The predicted octanol–water partition coefficient (Wildman–Crippen LogP) is 3.29. The normalized spacial score (nSPS) is 20.3. The van der Waals surface area contributed by atoms with E-state index in [0.29, 0.717) is 5.56 Å². The fourth-order valence-corrected chi connectivity index (χ4v) is 6.05. The summed E-state index contributed by atoms with van der Waals surface area (Å²) < 4.78 is 37.6. The molecule has 1 unspecified atom stereocenters. The molecule has 18 heteroatoms. The molecule has 0 spiro atoms. The van der Waals surface area contributed by atoms with Crippen LogP contribution in [-0.2, 0) is 34.4 Å². The zero-order valence-electron chi connectivity index (χ0n) is 24.6. The lowest BCUT2D eigenvalue weighted by atomic mass is 10.00. The zero-order chi connectivity index (χ0) is 32.7. The molecule has 1 saturated heterocycles. The second-order valence-electron chi connectivity index (χ2n) is 11.0. The summed E-state index contributed by atoms with van der Waals surface area (Å²) in [6.45, 7) is 6.20. The van der Waals surface area contributed by atoms with Crippen LogP contribution in [0.5, 0.6) is 5.75 Å². The molecule has 4 N–H and O–H groups in total. The predicted molar refractivity (Wildman–Crippen MR) is 160 cm³/mol. The van der Waals surface area contributed by atoms with Gasteiger partial charge in [0.05, 0.1) is 25.4 Å². The molecule has 1 fully saturated rings. The van der Waals surface area contributed by atoms with Crippen LogP contribution in [0.1, 0.15) is 44.5 Å². The van der Waals surface area contributed by atoms with Crippen molar-refractivity contribution in [3.63, 3.8) is 0 Å². The molecule has 0 saturated carbocycles. The van der Waals surface area contributed by atoms with E-state index in [1.807, 2.05) is 0 Å². The lowest BCUT2D eigenvalue weighted by Crippen LogP contribution is -2.33. The molecule has 240 valence electrons. The van der Waals surface area contributed by atoms with E-state index in [2.05, 4.69) is 15.0 Å². The summed E-state index contributed by atoms with van der Waals surface area (Å²) in [5.41, 5.74) is 13.7. The van der Waals surface area contributed by atoms with Gasteiger partial charge in [0.1, 0.15) is 18.0 Å². The highest BCUT2D eigenvalue weighted by atomic mass is 32.2. The molecule has 1 aliphatic heterocycles. The maximum atomic E-state index is 13.8. The third-order valence-corrected chi connectivity index (χ3v) is 8.99. The van der Waals surface area contributed by atoms with Crippen molar-refractivity contribution in [1.82, 2.24) is 9.55 Å². The van der Waals surface area contributed by atoms with Gasteiger partial charge in [-0.2, -0.15) is 0 Å². The molecule has 2 aromatic rings. The lowest BCUT2D eigenvalue weighted by Gasteiger charge is -2.22. The number of nitrogens with one attached hydrogen (secondary N) is 1. The zero-order valence-corrected chi connectivity index (χ0v) is 26.3. The van der Waals surface area contributed by atoms with Crippen molar-refractivity contribution in [2.24, 2.45) is 16.3 Å². The van der Waals surface area contributed by atoms with E-state index in [0.717, 1.165) is 16.3 Å². The van der Waals surface area contributed by atoms with E-state index in [-0.39, 0.29) is 41.6 Å². The number of phosphoric acid groups is 1. The molecule has 0 radical (unpaired) electrons. The van der Waals surface area contributed by atoms with Gasteiger partial charge in [-0.05, 0) is 36.6 Å². The van der Waals surface area contributed by atoms with Crippen molar-refractivity contribution < 1.29 is 37.6 Å². The Bertz CT molecular complexity index is 1550. The first-order valence-electron chi connectivity index (χ1n) is 13.5. The number of phosphoric ester groups is 1. The number of aromatic nitrogens is 2. The molecule has 44 heavy (non-hydrogen) atoms. The smallest absolute Gasteiger partial charge is 0.480 e. The van der Waals surface area contributed by atoms with Gasteiger partial charge in [-0.15, -0.1) is 0 Å². The Balaban J connectivity index is 1.76. The average Bonchev–Trinajstić information content (AvgIpc) is 3.35. The molecule has 0 bridgehead atoms. The highest BCUT2D eigenvalue weighted by molar-refractivity contribution is 8.13. The molecule has 1 aromatic heterocycles. The van der Waals surface area contributed by atoms with Crippen molar-refractivity contribution in [2.45, 2.75) is 65.0 Å². The van der Waals surface area contributed by atoms with E-state index >= 15 is 0 Å². The Morgan fingerprint density at radius 2 is 1.98 bits per heavy atom. The number of aryl methyl sites for hydroxylation is 1. The minimum atomic E-state index is -4.39. The van der Waals surface area contributed by atoms with Crippen LogP contribution < -0.4 is 21.5 Å². The summed E-state index contributed by atoms with van der Waals surface area (Å²) in [7, 11) is -4.39.